The van der Waals surface area contributed by atoms with E-state index in [0.717, 1.165) is 18.4 Å². The van der Waals surface area contributed by atoms with Crippen LogP contribution < -0.4 is 10.6 Å². The summed E-state index contributed by atoms with van der Waals surface area (Å²) in [5.41, 5.74) is 1.28. The Labute approximate surface area is 97.2 Å². The lowest BCUT2D eigenvalue weighted by Crippen LogP contribution is -2.41. The van der Waals surface area contributed by atoms with Gasteiger partial charge in [0, 0.05) is 24.3 Å². The van der Waals surface area contributed by atoms with E-state index < -0.39 is 7.14 Å². The molecule has 1 aliphatic heterocycles. The summed E-state index contributed by atoms with van der Waals surface area (Å²) in [6.45, 7) is 5.74. The summed E-state index contributed by atoms with van der Waals surface area (Å²) < 4.78 is 12.1. The van der Waals surface area contributed by atoms with Crippen LogP contribution in [0.1, 0.15) is 11.5 Å². The van der Waals surface area contributed by atoms with Crippen LogP contribution in [0.25, 0.3) is 0 Å². The summed E-state index contributed by atoms with van der Waals surface area (Å²) in [5.74, 6) is 0.569. The summed E-state index contributed by atoms with van der Waals surface area (Å²) >= 11 is 0. The molecule has 1 aliphatic rings. The molecule has 1 aromatic carbocycles. The zero-order chi connectivity index (χ0) is 10.2. The molecule has 0 spiro atoms. The standard InChI is InChI=1S/C11H16NOP.ClH/c1-14(2,13)11-6-4-3-5-10(11)9-7-12-8-9;/h3-6,9,12H,7-8H2,1-2H3;1H. The van der Waals surface area contributed by atoms with E-state index >= 15 is 0 Å². The van der Waals surface area contributed by atoms with Gasteiger partial charge in [-0.1, -0.05) is 24.3 Å². The first kappa shape index (κ1) is 12.8. The highest BCUT2D eigenvalue weighted by Crippen LogP contribution is 2.38. The summed E-state index contributed by atoms with van der Waals surface area (Å²) in [4.78, 5) is 0. The molecule has 0 saturated carbocycles. The lowest BCUT2D eigenvalue weighted by atomic mass is 9.94. The van der Waals surface area contributed by atoms with Gasteiger partial charge in [0.1, 0.15) is 7.14 Å². The van der Waals surface area contributed by atoms with Gasteiger partial charge in [-0.05, 0) is 18.9 Å². The average Bonchev–Trinajstić information content (AvgIpc) is 2.00. The molecular formula is C11H17ClNOP. The van der Waals surface area contributed by atoms with Crippen molar-refractivity contribution in [1.82, 2.24) is 5.32 Å². The van der Waals surface area contributed by atoms with Crippen molar-refractivity contribution in [2.24, 2.45) is 0 Å². The number of halogens is 1. The van der Waals surface area contributed by atoms with Gasteiger partial charge in [-0.25, -0.2) is 0 Å². The molecule has 4 heteroatoms. The smallest absolute Gasteiger partial charge is 0.110 e. The Kier molecular flexibility index (Phi) is 3.99. The fraction of sp³-hybridized carbons (Fsp3) is 0.455. The molecule has 1 fully saturated rings. The largest absolute Gasteiger partial charge is 0.319 e. The molecule has 0 unspecified atom stereocenters. The highest BCUT2D eigenvalue weighted by atomic mass is 35.5. The molecule has 0 atom stereocenters. The first-order valence-electron chi connectivity index (χ1n) is 4.94. The second-order valence-corrected chi connectivity index (χ2v) is 7.45. The van der Waals surface area contributed by atoms with Crippen molar-refractivity contribution in [1.29, 1.82) is 0 Å². The summed E-state index contributed by atoms with van der Waals surface area (Å²) in [7, 11) is -2.12. The molecule has 15 heavy (non-hydrogen) atoms. The summed E-state index contributed by atoms with van der Waals surface area (Å²) in [6.07, 6.45) is 0. The van der Waals surface area contributed by atoms with Crippen LogP contribution in [0.3, 0.4) is 0 Å². The van der Waals surface area contributed by atoms with Crippen molar-refractivity contribution in [3.63, 3.8) is 0 Å². The molecule has 0 aliphatic carbocycles. The van der Waals surface area contributed by atoms with E-state index in [1.807, 2.05) is 31.5 Å². The number of nitrogens with one attached hydrogen (secondary N) is 1. The van der Waals surface area contributed by atoms with E-state index in [2.05, 4.69) is 11.4 Å². The molecule has 0 bridgehead atoms. The molecular weight excluding hydrogens is 229 g/mol. The Morgan fingerprint density at radius 3 is 2.33 bits per heavy atom. The number of rotatable bonds is 2. The minimum absolute atomic E-state index is 0. The Morgan fingerprint density at radius 1 is 1.27 bits per heavy atom. The Bertz CT molecular complexity index is 384. The third-order valence-electron chi connectivity index (χ3n) is 2.74. The average molecular weight is 246 g/mol. The van der Waals surface area contributed by atoms with Crippen LogP contribution in [-0.2, 0) is 4.57 Å². The van der Waals surface area contributed by atoms with E-state index in [9.17, 15) is 4.57 Å². The fourth-order valence-corrected chi connectivity index (χ4v) is 3.16. The van der Waals surface area contributed by atoms with Crippen molar-refractivity contribution in [2.75, 3.05) is 26.4 Å². The van der Waals surface area contributed by atoms with Gasteiger partial charge in [0.25, 0.3) is 0 Å². The highest BCUT2D eigenvalue weighted by molar-refractivity contribution is 7.70. The second-order valence-electron chi connectivity index (χ2n) is 4.26. The Hall–Kier alpha value is -0.300. The van der Waals surface area contributed by atoms with Gasteiger partial charge in [-0.2, -0.15) is 0 Å². The minimum atomic E-state index is -2.12. The van der Waals surface area contributed by atoms with Gasteiger partial charge in [0.2, 0.25) is 0 Å². The van der Waals surface area contributed by atoms with Gasteiger partial charge < -0.3 is 9.88 Å². The van der Waals surface area contributed by atoms with Crippen LogP contribution in [0, 0.1) is 0 Å². The molecule has 2 rings (SSSR count). The van der Waals surface area contributed by atoms with Gasteiger partial charge in [0.15, 0.2) is 0 Å². The molecule has 0 radical (unpaired) electrons. The maximum absolute atomic E-state index is 12.1. The maximum Gasteiger partial charge on any atom is 0.110 e. The van der Waals surface area contributed by atoms with Crippen molar-refractivity contribution >= 4 is 24.9 Å². The SMILES string of the molecule is CP(C)(=O)c1ccccc1C1CNC1.Cl. The quantitative estimate of drug-likeness (QED) is 0.808. The second kappa shape index (κ2) is 4.69. The Morgan fingerprint density at radius 2 is 1.87 bits per heavy atom. The predicted octanol–water partition coefficient (Wildman–Crippen LogP) is 2.04. The monoisotopic (exact) mass is 245 g/mol. The van der Waals surface area contributed by atoms with E-state index in [0.29, 0.717) is 5.92 Å². The van der Waals surface area contributed by atoms with Crippen LogP contribution in [0.15, 0.2) is 24.3 Å². The van der Waals surface area contributed by atoms with Crippen molar-refractivity contribution in [3.05, 3.63) is 29.8 Å². The maximum atomic E-state index is 12.1. The minimum Gasteiger partial charge on any atom is -0.319 e. The lowest BCUT2D eigenvalue weighted by molar-refractivity contribution is 0.450. The number of hydrogen-bond donors (Lipinski definition) is 1. The molecule has 0 aromatic heterocycles. The lowest BCUT2D eigenvalue weighted by Gasteiger charge is -2.30. The van der Waals surface area contributed by atoms with Gasteiger partial charge in [-0.15, -0.1) is 12.4 Å². The van der Waals surface area contributed by atoms with Gasteiger partial charge in [0.05, 0.1) is 0 Å². The molecule has 1 heterocycles. The van der Waals surface area contributed by atoms with Crippen LogP contribution in [0.5, 0.6) is 0 Å². The first-order valence-corrected chi connectivity index (χ1v) is 7.54. The van der Waals surface area contributed by atoms with E-state index in [-0.39, 0.29) is 12.4 Å². The third-order valence-corrected chi connectivity index (χ3v) is 4.31. The van der Waals surface area contributed by atoms with Crippen LogP contribution >= 0.6 is 19.5 Å². The first-order chi connectivity index (χ1) is 6.59. The number of benzene rings is 1. The predicted molar refractivity (Wildman–Crippen MR) is 68.4 cm³/mol. The number of hydrogen-bond acceptors (Lipinski definition) is 2. The Balaban J connectivity index is 0.00000112. The van der Waals surface area contributed by atoms with Crippen molar-refractivity contribution in [3.8, 4) is 0 Å². The van der Waals surface area contributed by atoms with E-state index in [4.69, 9.17) is 0 Å². The van der Waals surface area contributed by atoms with Crippen LogP contribution in [0.4, 0.5) is 0 Å². The zero-order valence-electron chi connectivity index (χ0n) is 9.06. The topological polar surface area (TPSA) is 29.1 Å². The fourth-order valence-electron chi connectivity index (χ4n) is 1.83. The van der Waals surface area contributed by atoms with Crippen molar-refractivity contribution in [2.45, 2.75) is 5.92 Å². The van der Waals surface area contributed by atoms with E-state index in [1.165, 1.54) is 5.56 Å². The normalized spacial score (nSPS) is 16.7. The summed E-state index contributed by atoms with van der Waals surface area (Å²) in [6, 6.07) is 8.13. The third kappa shape index (κ3) is 2.63. The molecule has 2 nitrogen and oxygen atoms in total. The van der Waals surface area contributed by atoms with Crippen LogP contribution in [-0.4, -0.2) is 26.4 Å². The van der Waals surface area contributed by atoms with Gasteiger partial charge >= 0.3 is 0 Å². The molecule has 1 N–H and O–H groups in total. The zero-order valence-corrected chi connectivity index (χ0v) is 10.8. The van der Waals surface area contributed by atoms with Crippen LogP contribution in [0.2, 0.25) is 0 Å². The van der Waals surface area contributed by atoms with Gasteiger partial charge in [-0.3, -0.25) is 0 Å². The molecule has 1 aromatic rings. The van der Waals surface area contributed by atoms with E-state index in [1.54, 1.807) is 0 Å². The summed E-state index contributed by atoms with van der Waals surface area (Å²) in [5, 5.41) is 4.31. The molecule has 84 valence electrons. The van der Waals surface area contributed by atoms with Crippen molar-refractivity contribution < 1.29 is 4.57 Å². The molecule has 0 amide bonds. The molecule has 1 saturated heterocycles. The highest BCUT2D eigenvalue weighted by Gasteiger charge is 2.25.